The number of hydrogen-bond donors (Lipinski definition) is 20. The first-order valence-electron chi connectivity index (χ1n) is 35.0. The van der Waals surface area contributed by atoms with Crippen molar-refractivity contribution in [2.75, 3.05) is 125 Å². The Labute approximate surface area is 704 Å². The summed E-state index contributed by atoms with van der Waals surface area (Å²) >= 11 is 0. The second kappa shape index (κ2) is 48.0. The number of piperidine rings is 4. The molecule has 0 radical (unpaired) electrons. The molecule has 7 aliphatic rings. The van der Waals surface area contributed by atoms with Crippen molar-refractivity contribution in [2.45, 2.75) is 153 Å². The standard InChI is InChI=1S/2C16H23NO9S.C12H16O7S.2C9H19NO9S.K/c2*18-11-6-17(7-12(19)15(11)20)8-13-14(26-27(21,22)23)9-24-16(25-13)10-4-2-1-3-5-10;1-16-7-10-11(19-20(13,14)15)8-17-12(18-10)9-5-3-2-4-6-9;2*11-4-8(19-20(16,17)18)5(12)1-10-2-6(13)9(15)7(14)3-10;/h2*1-5,11-16,18-20H,6-9H2,(H,21,22,23);2-6,10-12H,7-8H2,1H3,(H,13,14,15);2*5-9,11-15H,1-4H2,(H,16,17,18);/q;;;;;+1/p-1/t2*11-,12+,13-,14+,15?,16?;10-,11+,12?;2*5-,6-,7+,8+,9?;/m10010./s1. The maximum Gasteiger partial charge on any atom is 1.00 e. The van der Waals surface area contributed by atoms with Crippen LogP contribution < -0.4 is 71.0 Å². The molecule has 7 saturated heterocycles. The van der Waals surface area contributed by atoms with Crippen molar-refractivity contribution < 1.29 is 272 Å². The van der Waals surface area contributed by atoms with Crippen LogP contribution >= 0.6 is 0 Å². The third-order valence-corrected chi connectivity index (χ3v) is 20.9. The first-order valence-corrected chi connectivity index (χ1v) is 41.6. The average Bonchev–Trinajstić information content (AvgIpc) is 0.844. The average molecular weight is 1790 g/mol. The van der Waals surface area contributed by atoms with Crippen LogP contribution in [0.15, 0.2) is 91.0 Å². The van der Waals surface area contributed by atoms with E-state index in [1.54, 1.807) is 48.5 Å². The van der Waals surface area contributed by atoms with E-state index in [-0.39, 0.29) is 156 Å². The van der Waals surface area contributed by atoms with E-state index in [0.717, 1.165) is 16.7 Å². The van der Waals surface area contributed by atoms with Crippen molar-refractivity contribution in [3.05, 3.63) is 108 Å². The molecule has 53 heteroatoms. The van der Waals surface area contributed by atoms with E-state index in [2.05, 4.69) is 20.9 Å². The summed E-state index contributed by atoms with van der Waals surface area (Å²) < 4.78 is 221. The first kappa shape index (κ1) is 103. The number of quaternary nitrogens is 4. The van der Waals surface area contributed by atoms with Crippen molar-refractivity contribution in [2.24, 2.45) is 0 Å². The molecule has 7 fully saturated rings. The summed E-state index contributed by atoms with van der Waals surface area (Å²) in [5, 5.41) is 153. The summed E-state index contributed by atoms with van der Waals surface area (Å²) in [4.78, 5) is 2.29. The molecule has 3 aromatic carbocycles. The van der Waals surface area contributed by atoms with Crippen molar-refractivity contribution in [3.8, 4) is 0 Å². The van der Waals surface area contributed by atoms with E-state index in [1.165, 1.54) is 7.11 Å². The van der Waals surface area contributed by atoms with Gasteiger partial charge in [0.05, 0.1) is 39.6 Å². The van der Waals surface area contributed by atoms with E-state index in [9.17, 15) is 136 Å². The number of aliphatic hydroxyl groups is 16. The molecule has 11 unspecified atom stereocenters. The van der Waals surface area contributed by atoms with Gasteiger partial charge in [-0.2, -0.15) is 0 Å². The molecule has 0 aromatic heterocycles. The number of methoxy groups -OCH3 is 1. The SMILES string of the molecule is COC[C@@H]1OC(c2ccccc2)OC[C@H]1OS(=O)(=O)[O-].O=S(=O)([O-])O[C@@H](CO)[C@H](O)C[NH+]1C[C@@H](O)C(O)[C@@H](O)C1.O=S(=O)([O-])O[C@@H]1COC(c2ccccc2)O[C@H]1C[NH+]1C[C@@H](O)C(O)[C@@H](O)C1.O=S(=O)([O-])O[C@H](CO)[C@@H](O)C[NH+]1C[C@@H](O)C(O)[C@@H](O)C1.O=S(=O)([O-])O[C@H]1COC(c2ccccc2)O[C@@H]1C[NH+]1C[C@@H](O)C(O)[C@@H](O)C1.[K+]. The molecule has 656 valence electrons. The second-order valence-corrected chi connectivity index (χ2v) is 32.4. The minimum absolute atomic E-state index is 0. The minimum Gasteiger partial charge on any atom is -0.726 e. The summed E-state index contributed by atoms with van der Waals surface area (Å²) in [5.74, 6) is 0. The molecule has 0 spiro atoms. The van der Waals surface area contributed by atoms with Gasteiger partial charge < -0.3 is 157 Å². The number of ether oxygens (including phenoxy) is 7. The van der Waals surface area contributed by atoms with Crippen molar-refractivity contribution >= 4 is 52.0 Å². The zero-order valence-electron chi connectivity index (χ0n) is 61.5. The van der Waals surface area contributed by atoms with Crippen LogP contribution in [0.3, 0.4) is 0 Å². The molecule has 0 bridgehead atoms. The Morgan fingerprint density at radius 2 is 0.617 bits per heavy atom. The molecule has 10 rings (SSSR count). The number of hydrogen-bond acceptors (Lipinski definition) is 43. The second-order valence-electron chi connectivity index (χ2n) is 27.4. The normalized spacial score (nSPS) is 34.6. The quantitative estimate of drug-likeness (QED) is 0.0191. The zero-order valence-corrected chi connectivity index (χ0v) is 68.7. The molecule has 47 nitrogen and oxygen atoms in total. The van der Waals surface area contributed by atoms with Gasteiger partial charge in [0.25, 0.3) is 0 Å². The van der Waals surface area contributed by atoms with Gasteiger partial charge in [-0.15, -0.1) is 0 Å². The fourth-order valence-corrected chi connectivity index (χ4v) is 15.4. The van der Waals surface area contributed by atoms with E-state index in [0.29, 0.717) is 19.6 Å². The first-order chi connectivity index (χ1) is 53.2. The number of rotatable bonds is 27. The van der Waals surface area contributed by atoms with E-state index in [4.69, 9.17) is 43.4 Å². The topological polar surface area (TPSA) is 738 Å². The Kier molecular flexibility index (Phi) is 43.0. The van der Waals surface area contributed by atoms with Gasteiger partial charge in [-0.3, -0.25) is 20.9 Å². The van der Waals surface area contributed by atoms with Crippen LogP contribution in [-0.2, 0) is 106 Å². The van der Waals surface area contributed by atoms with Crippen LogP contribution in [-0.4, -0.2) is 406 Å². The predicted molar refractivity (Wildman–Crippen MR) is 365 cm³/mol. The van der Waals surface area contributed by atoms with Crippen molar-refractivity contribution in [1.29, 1.82) is 0 Å². The molecular weight excluding hydrogens is 1690 g/mol. The summed E-state index contributed by atoms with van der Waals surface area (Å²) in [6.45, 7) is -1.60. The van der Waals surface area contributed by atoms with Crippen LogP contribution in [0.5, 0.6) is 0 Å². The molecule has 7 aliphatic heterocycles. The Bertz CT molecular complexity index is 3650. The van der Waals surface area contributed by atoms with Gasteiger partial charge in [-0.1, -0.05) is 91.0 Å². The zero-order chi connectivity index (χ0) is 84.8. The molecular formula is C62H99KN4O43S5. The number of benzene rings is 3. The van der Waals surface area contributed by atoms with Crippen LogP contribution in [0.25, 0.3) is 0 Å². The van der Waals surface area contributed by atoms with Crippen molar-refractivity contribution in [3.63, 3.8) is 0 Å². The summed E-state index contributed by atoms with van der Waals surface area (Å²) in [6, 6.07) is 27.1. The van der Waals surface area contributed by atoms with Crippen LogP contribution in [0, 0.1) is 0 Å². The van der Waals surface area contributed by atoms with Gasteiger partial charge in [0.15, 0.2) is 18.9 Å². The maximum absolute atomic E-state index is 11.0. The van der Waals surface area contributed by atoms with Gasteiger partial charge >= 0.3 is 51.4 Å². The van der Waals surface area contributed by atoms with Crippen molar-refractivity contribution in [1.82, 2.24) is 0 Å². The Balaban J connectivity index is 0.000000258. The maximum atomic E-state index is 11.0. The van der Waals surface area contributed by atoms with Crippen LogP contribution in [0.4, 0.5) is 0 Å². The molecule has 0 aliphatic carbocycles. The molecule has 29 atom stereocenters. The number of aliphatic hydroxyl groups excluding tert-OH is 16. The smallest absolute Gasteiger partial charge is 0.726 e. The van der Waals surface area contributed by atoms with Crippen LogP contribution in [0.2, 0.25) is 0 Å². The van der Waals surface area contributed by atoms with Gasteiger partial charge in [0.2, 0.25) is 52.0 Å². The fourth-order valence-electron chi connectivity index (χ4n) is 13.0. The third-order valence-electron chi connectivity index (χ3n) is 18.5. The van der Waals surface area contributed by atoms with E-state index < -0.39 is 218 Å². The van der Waals surface area contributed by atoms with Crippen LogP contribution in [0.1, 0.15) is 35.6 Å². The molecule has 115 heavy (non-hydrogen) atoms. The predicted octanol–water partition coefficient (Wildman–Crippen LogP) is -20.2. The fraction of sp³-hybridized carbons (Fsp3) is 0.710. The molecule has 0 saturated carbocycles. The summed E-state index contributed by atoms with van der Waals surface area (Å²) in [6.07, 6.45) is -28.5. The van der Waals surface area contributed by atoms with E-state index in [1.807, 2.05) is 42.5 Å². The van der Waals surface area contributed by atoms with Gasteiger partial charge in [0, 0.05) is 23.8 Å². The number of nitrogens with one attached hydrogen (secondary N) is 4. The van der Waals surface area contributed by atoms with Gasteiger partial charge in [0.1, 0.15) is 213 Å². The number of likely N-dealkylation sites (tertiary alicyclic amines) is 4. The third kappa shape index (κ3) is 36.1. The molecule has 20 N–H and O–H groups in total. The Morgan fingerprint density at radius 3 is 0.843 bits per heavy atom. The van der Waals surface area contributed by atoms with Gasteiger partial charge in [-0.05, 0) is 0 Å². The monoisotopic (exact) mass is 1790 g/mol. The molecule has 7 heterocycles. The largest absolute Gasteiger partial charge is 1.00 e. The Morgan fingerprint density at radius 1 is 0.383 bits per heavy atom. The summed E-state index contributed by atoms with van der Waals surface area (Å²) in [5.41, 5.74) is 2.22. The minimum atomic E-state index is -5.07. The summed E-state index contributed by atoms with van der Waals surface area (Å²) in [7, 11) is -23.5. The molecule has 3 aromatic rings. The van der Waals surface area contributed by atoms with Gasteiger partial charge in [-0.25, -0.2) is 42.1 Å². The molecule has 0 amide bonds. The Hall–Kier alpha value is -2.43. The van der Waals surface area contributed by atoms with E-state index >= 15 is 0 Å².